The van der Waals surface area contributed by atoms with Crippen LogP contribution in [0.2, 0.25) is 0 Å². The van der Waals surface area contributed by atoms with Crippen LogP contribution in [-0.4, -0.2) is 30.5 Å². The largest absolute Gasteiger partial charge is 0.465 e. The van der Waals surface area contributed by atoms with E-state index in [0.717, 1.165) is 25.6 Å². The highest BCUT2D eigenvalue weighted by Crippen LogP contribution is 2.27. The Morgan fingerprint density at radius 1 is 1.29 bits per heavy atom. The number of aromatic nitrogens is 2. The van der Waals surface area contributed by atoms with Gasteiger partial charge in [-0.05, 0) is 23.8 Å². The van der Waals surface area contributed by atoms with Crippen LogP contribution in [0, 0.1) is 0 Å². The van der Waals surface area contributed by atoms with Crippen LogP contribution in [0.3, 0.4) is 0 Å². The van der Waals surface area contributed by atoms with Gasteiger partial charge in [0.25, 0.3) is 10.0 Å². The molecule has 7 heteroatoms. The van der Waals surface area contributed by atoms with Gasteiger partial charge in [-0.1, -0.05) is 30.2 Å². The zero-order valence-corrected chi connectivity index (χ0v) is 13.2. The molecule has 0 aliphatic rings. The van der Waals surface area contributed by atoms with Crippen LogP contribution in [0.15, 0.2) is 71.9 Å². The Hall–Kier alpha value is -2.93. The fraction of sp³-hybridized carbons (Fsp3) is 0.0588. The molecule has 0 radical (unpaired) electrons. The van der Waals surface area contributed by atoms with Gasteiger partial charge in [0.05, 0.1) is 25.2 Å². The second-order valence-corrected chi connectivity index (χ2v) is 6.41. The lowest BCUT2D eigenvalue weighted by Gasteiger charge is -2.10. The van der Waals surface area contributed by atoms with E-state index in [2.05, 4.69) is 9.72 Å². The average molecular weight is 347 g/mol. The molecule has 0 fully saturated rings. The summed E-state index contributed by atoms with van der Waals surface area (Å²) in [6, 6.07) is 0.701. The maximum Gasteiger partial charge on any atom is 0.339 e. The summed E-state index contributed by atoms with van der Waals surface area (Å²) in [5.41, 5.74) is -0.799. The molecule has 0 aliphatic carbocycles. The smallest absolute Gasteiger partial charge is 0.339 e. The molecule has 6 nitrogen and oxygen atoms in total. The van der Waals surface area contributed by atoms with Crippen molar-refractivity contribution >= 4 is 16.0 Å². The standard InChI is InChI=1S/C17H14N2O4S/c1-23-17(20)14-10-16(13-6-3-2-4-7-13)19(12-14)24(21,22)15-8-5-9-18-11-15/h2-12H,1H3/i2D,3D,4D,6D,7D. The molecule has 0 unspecified atom stereocenters. The predicted molar refractivity (Wildman–Crippen MR) is 88.0 cm³/mol. The van der Waals surface area contributed by atoms with Gasteiger partial charge < -0.3 is 4.74 Å². The van der Waals surface area contributed by atoms with Crippen LogP contribution in [-0.2, 0) is 14.8 Å². The third-order valence-electron chi connectivity index (χ3n) is 3.15. The molecule has 0 N–H and O–H groups in total. The normalized spacial score (nSPS) is 14.1. The number of carbonyl (C=O) groups excluding carboxylic acids is 1. The molecular weight excluding hydrogens is 328 g/mol. The molecular formula is C17H14N2O4S. The molecule has 3 rings (SSSR count). The number of nitrogens with zero attached hydrogens (tertiary/aromatic N) is 2. The average Bonchev–Trinajstić information content (AvgIpc) is 3.17. The van der Waals surface area contributed by atoms with Crippen molar-refractivity contribution in [2.75, 3.05) is 7.11 Å². The van der Waals surface area contributed by atoms with Crippen molar-refractivity contribution in [3.05, 3.63) is 72.6 Å². The van der Waals surface area contributed by atoms with Gasteiger partial charge in [-0.2, -0.15) is 0 Å². The van der Waals surface area contributed by atoms with Crippen molar-refractivity contribution in [1.82, 2.24) is 8.96 Å². The first-order chi connectivity index (χ1) is 13.6. The summed E-state index contributed by atoms with van der Waals surface area (Å²) in [5.74, 6) is -0.848. The maximum absolute atomic E-state index is 13.1. The number of benzene rings is 1. The molecule has 0 spiro atoms. The van der Waals surface area contributed by atoms with E-state index in [1.54, 1.807) is 0 Å². The lowest BCUT2D eigenvalue weighted by Crippen LogP contribution is -2.13. The number of esters is 1. The van der Waals surface area contributed by atoms with E-state index in [1.165, 1.54) is 18.3 Å². The summed E-state index contributed by atoms with van der Waals surface area (Å²) in [7, 11) is -3.19. The summed E-state index contributed by atoms with van der Waals surface area (Å²) < 4.78 is 71.2. The number of carbonyl (C=O) groups is 1. The van der Waals surface area contributed by atoms with E-state index in [9.17, 15) is 13.2 Å². The Morgan fingerprint density at radius 3 is 2.67 bits per heavy atom. The Morgan fingerprint density at radius 2 is 2.04 bits per heavy atom. The van der Waals surface area contributed by atoms with Crippen molar-refractivity contribution in [2.24, 2.45) is 0 Å². The molecule has 24 heavy (non-hydrogen) atoms. The number of pyridine rings is 1. The molecule has 0 amide bonds. The van der Waals surface area contributed by atoms with Crippen LogP contribution >= 0.6 is 0 Å². The quantitative estimate of drug-likeness (QED) is 0.678. The van der Waals surface area contributed by atoms with Gasteiger partial charge in [-0.25, -0.2) is 17.2 Å². The van der Waals surface area contributed by atoms with Gasteiger partial charge >= 0.3 is 5.97 Å². The first kappa shape index (κ1) is 10.8. The highest BCUT2D eigenvalue weighted by Gasteiger charge is 2.24. The first-order valence-electron chi connectivity index (χ1n) is 9.14. The minimum Gasteiger partial charge on any atom is -0.465 e. The highest BCUT2D eigenvalue weighted by molar-refractivity contribution is 7.90. The Kier molecular flexibility index (Phi) is 2.82. The Labute approximate surface area is 146 Å². The van der Waals surface area contributed by atoms with E-state index in [0.29, 0.717) is 3.97 Å². The second-order valence-electron chi connectivity index (χ2n) is 4.60. The summed E-state index contributed by atoms with van der Waals surface area (Å²) in [6.07, 6.45) is 3.45. The Balaban J connectivity index is 2.40. The zero-order chi connectivity index (χ0) is 21.5. The number of hydrogen-bond acceptors (Lipinski definition) is 5. The molecule has 2 heterocycles. The van der Waals surface area contributed by atoms with Gasteiger partial charge in [0.1, 0.15) is 4.90 Å². The van der Waals surface area contributed by atoms with Crippen molar-refractivity contribution < 1.29 is 24.8 Å². The molecule has 0 saturated heterocycles. The monoisotopic (exact) mass is 347 g/mol. The summed E-state index contributed by atoms with van der Waals surface area (Å²) in [6.45, 7) is 0. The van der Waals surface area contributed by atoms with Crippen LogP contribution in [0.4, 0.5) is 0 Å². The van der Waals surface area contributed by atoms with Gasteiger partial charge in [-0.3, -0.25) is 4.98 Å². The van der Waals surface area contributed by atoms with E-state index >= 15 is 0 Å². The molecule has 0 atom stereocenters. The first-order valence-corrected chi connectivity index (χ1v) is 8.08. The van der Waals surface area contributed by atoms with Crippen molar-refractivity contribution in [2.45, 2.75) is 4.90 Å². The lowest BCUT2D eigenvalue weighted by molar-refractivity contribution is 0.0601. The van der Waals surface area contributed by atoms with Crippen LogP contribution in [0.5, 0.6) is 0 Å². The SMILES string of the molecule is [2H]c1c([2H])c([2H])c(-c2cc(C(=O)OC)cn2S(=O)(=O)c2cccnc2)c([2H])c1[2H]. The summed E-state index contributed by atoms with van der Waals surface area (Å²) in [4.78, 5) is 15.6. The van der Waals surface area contributed by atoms with Crippen molar-refractivity contribution in [3.63, 3.8) is 0 Å². The molecule has 1 aromatic carbocycles. The molecule has 122 valence electrons. The van der Waals surface area contributed by atoms with E-state index in [1.807, 2.05) is 0 Å². The highest BCUT2D eigenvalue weighted by atomic mass is 32.2. The molecule has 2 aromatic heterocycles. The number of rotatable bonds is 4. The predicted octanol–water partition coefficient (Wildman–Crippen LogP) is 2.57. The third-order valence-corrected chi connectivity index (χ3v) is 4.81. The maximum atomic E-state index is 13.1. The van der Waals surface area contributed by atoms with E-state index < -0.39 is 46.2 Å². The van der Waals surface area contributed by atoms with Crippen LogP contribution < -0.4 is 0 Å². The summed E-state index contributed by atoms with van der Waals surface area (Å²) in [5, 5.41) is 0. The number of hydrogen-bond donors (Lipinski definition) is 0. The molecule has 3 aromatic rings. The van der Waals surface area contributed by atoms with E-state index in [4.69, 9.17) is 6.85 Å². The van der Waals surface area contributed by atoms with Gasteiger partial charge in [-0.15, -0.1) is 0 Å². The third kappa shape index (κ3) is 2.81. The van der Waals surface area contributed by atoms with Gasteiger partial charge in [0.15, 0.2) is 0 Å². The van der Waals surface area contributed by atoms with Gasteiger partial charge in [0, 0.05) is 18.6 Å². The van der Waals surface area contributed by atoms with Crippen molar-refractivity contribution in [1.29, 1.82) is 0 Å². The number of ether oxygens (including phenoxy) is 1. The topological polar surface area (TPSA) is 78.3 Å². The lowest BCUT2D eigenvalue weighted by atomic mass is 10.1. The van der Waals surface area contributed by atoms with Crippen LogP contribution in [0.25, 0.3) is 11.3 Å². The zero-order valence-electron chi connectivity index (χ0n) is 17.4. The fourth-order valence-corrected chi connectivity index (χ4v) is 3.37. The van der Waals surface area contributed by atoms with Crippen molar-refractivity contribution in [3.8, 4) is 11.3 Å². The molecule has 0 aliphatic heterocycles. The molecule has 0 bridgehead atoms. The van der Waals surface area contributed by atoms with Gasteiger partial charge in [0.2, 0.25) is 0 Å². The second kappa shape index (κ2) is 6.29. The Bertz CT molecular complexity index is 1200. The minimum absolute atomic E-state index is 0.165. The van der Waals surface area contributed by atoms with E-state index in [-0.39, 0.29) is 21.7 Å². The minimum atomic E-state index is -4.30. The number of methoxy groups -OCH3 is 1. The van der Waals surface area contributed by atoms with Crippen LogP contribution in [0.1, 0.15) is 17.2 Å². The summed E-state index contributed by atoms with van der Waals surface area (Å²) >= 11 is 0. The molecule has 0 saturated carbocycles. The fourth-order valence-electron chi connectivity index (χ4n) is 2.05.